The van der Waals surface area contributed by atoms with Crippen molar-refractivity contribution in [2.75, 3.05) is 14.2 Å². The fourth-order valence-electron chi connectivity index (χ4n) is 1.41. The van der Waals surface area contributed by atoms with Gasteiger partial charge >= 0.3 is 5.97 Å². The predicted molar refractivity (Wildman–Crippen MR) is 59.2 cm³/mol. The van der Waals surface area contributed by atoms with Crippen molar-refractivity contribution in [3.63, 3.8) is 0 Å². The van der Waals surface area contributed by atoms with Gasteiger partial charge in [0.1, 0.15) is 5.75 Å². The van der Waals surface area contributed by atoms with Crippen molar-refractivity contribution in [3.8, 4) is 5.75 Å². The van der Waals surface area contributed by atoms with Crippen LogP contribution in [0.1, 0.15) is 18.9 Å². The summed E-state index contributed by atoms with van der Waals surface area (Å²) in [7, 11) is 2.87. The zero-order valence-corrected chi connectivity index (χ0v) is 9.69. The standard InChI is InChI=1S/C12H16O4/c1-12(14,8-11(13)16-3)9-4-6-10(15-2)7-5-9/h4-7,14H,8H2,1-3H3/t12-/m0/s1. The first kappa shape index (κ1) is 12.5. The van der Waals surface area contributed by atoms with Crippen LogP contribution >= 0.6 is 0 Å². The summed E-state index contributed by atoms with van der Waals surface area (Å²) in [6.07, 6.45) is -0.0736. The van der Waals surface area contributed by atoms with E-state index in [1.54, 1.807) is 38.3 Å². The van der Waals surface area contributed by atoms with Crippen molar-refractivity contribution in [1.29, 1.82) is 0 Å². The van der Waals surface area contributed by atoms with Gasteiger partial charge in [-0.2, -0.15) is 0 Å². The number of carbonyl (C=O) groups is 1. The van der Waals surface area contributed by atoms with E-state index in [-0.39, 0.29) is 6.42 Å². The molecule has 1 aromatic rings. The van der Waals surface area contributed by atoms with Gasteiger partial charge in [-0.25, -0.2) is 0 Å². The maximum Gasteiger partial charge on any atom is 0.308 e. The first-order chi connectivity index (χ1) is 7.49. The molecular weight excluding hydrogens is 208 g/mol. The van der Waals surface area contributed by atoms with Crippen LogP contribution < -0.4 is 4.74 Å². The number of hydrogen-bond donors (Lipinski definition) is 1. The molecule has 0 aliphatic carbocycles. The summed E-state index contributed by atoms with van der Waals surface area (Å²) >= 11 is 0. The number of aliphatic hydroxyl groups is 1. The monoisotopic (exact) mass is 224 g/mol. The number of rotatable bonds is 4. The van der Waals surface area contributed by atoms with Crippen LogP contribution in [0.3, 0.4) is 0 Å². The molecule has 0 aromatic heterocycles. The number of benzene rings is 1. The second-order valence-electron chi connectivity index (χ2n) is 3.76. The van der Waals surface area contributed by atoms with Crippen molar-refractivity contribution in [2.24, 2.45) is 0 Å². The average Bonchev–Trinajstić information content (AvgIpc) is 2.28. The minimum atomic E-state index is -1.22. The maximum absolute atomic E-state index is 11.1. The summed E-state index contributed by atoms with van der Waals surface area (Å²) in [5, 5.41) is 10.1. The van der Waals surface area contributed by atoms with Gasteiger partial charge in [0.05, 0.1) is 26.2 Å². The number of methoxy groups -OCH3 is 2. The van der Waals surface area contributed by atoms with Crippen LogP contribution in [0.25, 0.3) is 0 Å². The minimum absolute atomic E-state index is 0.0736. The average molecular weight is 224 g/mol. The molecular formula is C12H16O4. The largest absolute Gasteiger partial charge is 0.497 e. The Morgan fingerprint density at radius 3 is 2.31 bits per heavy atom. The summed E-state index contributed by atoms with van der Waals surface area (Å²) in [6.45, 7) is 1.58. The summed E-state index contributed by atoms with van der Waals surface area (Å²) < 4.78 is 9.54. The molecule has 0 heterocycles. The van der Waals surface area contributed by atoms with Crippen molar-refractivity contribution in [3.05, 3.63) is 29.8 Å². The normalized spacial score (nSPS) is 14.0. The Morgan fingerprint density at radius 1 is 1.31 bits per heavy atom. The molecule has 4 heteroatoms. The Hall–Kier alpha value is -1.55. The fraction of sp³-hybridized carbons (Fsp3) is 0.417. The van der Waals surface area contributed by atoms with E-state index in [0.717, 1.165) is 0 Å². The third-order valence-corrected chi connectivity index (χ3v) is 2.43. The molecule has 0 unspecified atom stereocenters. The zero-order valence-electron chi connectivity index (χ0n) is 9.69. The van der Waals surface area contributed by atoms with E-state index < -0.39 is 11.6 Å². The van der Waals surface area contributed by atoms with Crippen LogP contribution in [0.15, 0.2) is 24.3 Å². The number of carbonyl (C=O) groups excluding carboxylic acids is 1. The molecule has 0 aliphatic heterocycles. The summed E-state index contributed by atoms with van der Waals surface area (Å²) in [5.41, 5.74) is -0.571. The molecule has 1 rings (SSSR count). The van der Waals surface area contributed by atoms with Crippen molar-refractivity contribution < 1.29 is 19.4 Å². The molecule has 0 aliphatic rings. The van der Waals surface area contributed by atoms with E-state index in [0.29, 0.717) is 11.3 Å². The van der Waals surface area contributed by atoms with E-state index in [1.807, 2.05) is 0 Å². The molecule has 1 aromatic carbocycles. The van der Waals surface area contributed by atoms with Gasteiger partial charge in [-0.3, -0.25) is 4.79 Å². The molecule has 1 atom stereocenters. The second-order valence-corrected chi connectivity index (χ2v) is 3.76. The molecule has 0 spiro atoms. The Labute approximate surface area is 94.8 Å². The highest BCUT2D eigenvalue weighted by Crippen LogP contribution is 2.26. The van der Waals surface area contributed by atoms with Gasteiger partial charge in [0.15, 0.2) is 0 Å². The van der Waals surface area contributed by atoms with Gasteiger partial charge in [-0.05, 0) is 24.6 Å². The first-order valence-corrected chi connectivity index (χ1v) is 4.93. The lowest BCUT2D eigenvalue weighted by molar-refractivity contribution is -0.145. The highest BCUT2D eigenvalue weighted by Gasteiger charge is 2.27. The van der Waals surface area contributed by atoms with Crippen LogP contribution in [0.2, 0.25) is 0 Å². The maximum atomic E-state index is 11.1. The highest BCUT2D eigenvalue weighted by molar-refractivity contribution is 5.70. The van der Waals surface area contributed by atoms with Crippen molar-refractivity contribution >= 4 is 5.97 Å². The molecule has 0 radical (unpaired) electrons. The predicted octanol–water partition coefficient (Wildman–Crippen LogP) is 1.47. The number of esters is 1. The molecule has 1 N–H and O–H groups in total. The van der Waals surface area contributed by atoms with Gasteiger partial charge in [-0.15, -0.1) is 0 Å². The SMILES string of the molecule is COC(=O)C[C@](C)(O)c1ccc(OC)cc1. The fourth-order valence-corrected chi connectivity index (χ4v) is 1.41. The minimum Gasteiger partial charge on any atom is -0.497 e. The number of hydrogen-bond acceptors (Lipinski definition) is 4. The Bertz CT molecular complexity index is 354. The highest BCUT2D eigenvalue weighted by atomic mass is 16.5. The lowest BCUT2D eigenvalue weighted by atomic mass is 9.92. The van der Waals surface area contributed by atoms with Gasteiger partial charge in [0.2, 0.25) is 0 Å². The summed E-state index contributed by atoms with van der Waals surface area (Å²) in [4.78, 5) is 11.1. The Kier molecular flexibility index (Phi) is 3.90. The smallest absolute Gasteiger partial charge is 0.308 e. The molecule has 0 saturated carbocycles. The van der Waals surface area contributed by atoms with E-state index >= 15 is 0 Å². The lowest BCUT2D eigenvalue weighted by Gasteiger charge is -2.22. The quantitative estimate of drug-likeness (QED) is 0.787. The summed E-state index contributed by atoms with van der Waals surface area (Å²) in [5.74, 6) is 0.262. The molecule has 0 bridgehead atoms. The van der Waals surface area contributed by atoms with E-state index in [4.69, 9.17) is 4.74 Å². The van der Waals surface area contributed by atoms with Gasteiger partial charge in [-0.1, -0.05) is 12.1 Å². The topological polar surface area (TPSA) is 55.8 Å². The van der Waals surface area contributed by atoms with Gasteiger partial charge in [0.25, 0.3) is 0 Å². The lowest BCUT2D eigenvalue weighted by Crippen LogP contribution is -2.25. The van der Waals surface area contributed by atoms with Crippen LogP contribution in [0, 0.1) is 0 Å². The van der Waals surface area contributed by atoms with Crippen LogP contribution in [0.4, 0.5) is 0 Å². The summed E-state index contributed by atoms with van der Waals surface area (Å²) in [6, 6.07) is 6.92. The van der Waals surface area contributed by atoms with Crippen molar-refractivity contribution in [2.45, 2.75) is 18.9 Å². The van der Waals surface area contributed by atoms with E-state index in [1.165, 1.54) is 7.11 Å². The second kappa shape index (κ2) is 4.99. The molecule has 0 saturated heterocycles. The Morgan fingerprint density at radius 2 is 1.88 bits per heavy atom. The van der Waals surface area contributed by atoms with Gasteiger partial charge in [0, 0.05) is 0 Å². The third kappa shape index (κ3) is 2.97. The molecule has 16 heavy (non-hydrogen) atoms. The zero-order chi connectivity index (χ0) is 12.2. The Balaban J connectivity index is 2.84. The molecule has 4 nitrogen and oxygen atoms in total. The van der Waals surface area contributed by atoms with E-state index in [2.05, 4.69) is 4.74 Å². The molecule has 0 amide bonds. The number of ether oxygens (including phenoxy) is 2. The van der Waals surface area contributed by atoms with Crippen LogP contribution in [0.5, 0.6) is 5.75 Å². The molecule has 88 valence electrons. The van der Waals surface area contributed by atoms with Gasteiger partial charge < -0.3 is 14.6 Å². The molecule has 0 fully saturated rings. The van der Waals surface area contributed by atoms with Crippen LogP contribution in [-0.4, -0.2) is 25.3 Å². The van der Waals surface area contributed by atoms with Crippen LogP contribution in [-0.2, 0) is 15.1 Å². The third-order valence-electron chi connectivity index (χ3n) is 2.43. The van der Waals surface area contributed by atoms with E-state index in [9.17, 15) is 9.90 Å². The van der Waals surface area contributed by atoms with Crippen molar-refractivity contribution in [1.82, 2.24) is 0 Å². The first-order valence-electron chi connectivity index (χ1n) is 4.93.